The Bertz CT molecular complexity index is 1420. The van der Waals surface area contributed by atoms with Crippen LogP contribution in [0.5, 0.6) is 0 Å². The highest BCUT2D eigenvalue weighted by atomic mass is 35.5. The Morgan fingerprint density at radius 3 is 2.16 bits per heavy atom. The molecule has 0 aliphatic carbocycles. The monoisotopic (exact) mass is 572 g/mol. The van der Waals surface area contributed by atoms with Gasteiger partial charge >= 0.3 is 0 Å². The number of hydrogen-bond acceptors (Lipinski definition) is 8. The number of sulfonamides is 1. The predicted molar refractivity (Wildman–Crippen MR) is 150 cm³/mol. The maximum atomic E-state index is 13.7. The van der Waals surface area contributed by atoms with Crippen molar-refractivity contribution in [1.29, 1.82) is 10.5 Å². The number of rotatable bonds is 13. The Hall–Kier alpha value is -3.06. The molecule has 0 aliphatic rings. The molecule has 3 aromatic rings. The first-order chi connectivity index (χ1) is 18.3. The van der Waals surface area contributed by atoms with Crippen LogP contribution in [0.1, 0.15) is 37.0 Å². The van der Waals surface area contributed by atoms with Crippen molar-refractivity contribution < 1.29 is 13.2 Å². The van der Waals surface area contributed by atoms with Crippen LogP contribution in [-0.2, 0) is 10.0 Å². The molecule has 0 aliphatic heterocycles. The quantitative estimate of drug-likeness (QED) is 0.289. The number of thiazole rings is 1. The Labute approximate surface area is 232 Å². The van der Waals surface area contributed by atoms with Crippen LogP contribution >= 0.6 is 22.9 Å². The Morgan fingerprint density at radius 1 is 0.974 bits per heavy atom. The van der Waals surface area contributed by atoms with Gasteiger partial charge in [0.25, 0.3) is 5.91 Å². The molecule has 0 unspecified atom stereocenters. The van der Waals surface area contributed by atoms with Gasteiger partial charge in [0.05, 0.1) is 26.8 Å². The van der Waals surface area contributed by atoms with Crippen LogP contribution in [-0.4, -0.2) is 67.8 Å². The SMILES string of the molecule is CCN(CC)CCN(C(=O)c1ccc(S(=O)(=O)N(CCC#N)CCC#N)cc1)c1nc2c(Cl)cccc2s1. The van der Waals surface area contributed by atoms with Crippen LogP contribution in [0.4, 0.5) is 5.13 Å². The predicted octanol–water partition coefficient (Wildman–Crippen LogP) is 4.76. The molecule has 0 saturated carbocycles. The molecule has 1 heterocycles. The number of nitriles is 2. The van der Waals surface area contributed by atoms with Crippen molar-refractivity contribution in [1.82, 2.24) is 14.2 Å². The first-order valence-electron chi connectivity index (χ1n) is 12.2. The minimum atomic E-state index is -3.94. The number of carbonyl (C=O) groups is 1. The molecule has 1 aromatic heterocycles. The molecule has 38 heavy (non-hydrogen) atoms. The van der Waals surface area contributed by atoms with E-state index >= 15 is 0 Å². The molecule has 0 fully saturated rings. The average molecular weight is 573 g/mol. The molecule has 200 valence electrons. The summed E-state index contributed by atoms with van der Waals surface area (Å²) in [5.41, 5.74) is 0.945. The summed E-state index contributed by atoms with van der Waals surface area (Å²) in [5.74, 6) is -0.304. The number of halogens is 1. The van der Waals surface area contributed by atoms with E-state index in [1.807, 2.05) is 24.3 Å². The lowest BCUT2D eigenvalue weighted by Gasteiger charge is -2.25. The maximum Gasteiger partial charge on any atom is 0.260 e. The lowest BCUT2D eigenvalue weighted by molar-refractivity contribution is 0.0983. The minimum Gasteiger partial charge on any atom is -0.302 e. The van der Waals surface area contributed by atoms with Crippen LogP contribution < -0.4 is 4.90 Å². The zero-order chi connectivity index (χ0) is 27.7. The highest BCUT2D eigenvalue weighted by Crippen LogP contribution is 2.33. The van der Waals surface area contributed by atoms with Crippen molar-refractivity contribution >= 4 is 54.2 Å². The molecule has 0 N–H and O–H groups in total. The van der Waals surface area contributed by atoms with Gasteiger partial charge in [-0.2, -0.15) is 14.8 Å². The van der Waals surface area contributed by atoms with E-state index in [1.54, 1.807) is 11.0 Å². The van der Waals surface area contributed by atoms with Gasteiger partial charge in [0.2, 0.25) is 10.0 Å². The fourth-order valence-corrected chi connectivity index (χ4v) is 6.59. The normalized spacial score (nSPS) is 11.6. The van der Waals surface area contributed by atoms with E-state index in [-0.39, 0.29) is 36.7 Å². The van der Waals surface area contributed by atoms with E-state index in [1.165, 1.54) is 35.6 Å². The lowest BCUT2D eigenvalue weighted by Crippen LogP contribution is -2.39. The van der Waals surface area contributed by atoms with E-state index in [0.29, 0.717) is 34.3 Å². The molecule has 3 rings (SSSR count). The maximum absolute atomic E-state index is 13.7. The first-order valence-corrected chi connectivity index (χ1v) is 14.8. The van der Waals surface area contributed by atoms with E-state index < -0.39 is 10.0 Å². The van der Waals surface area contributed by atoms with Gasteiger partial charge in [-0.05, 0) is 49.5 Å². The largest absolute Gasteiger partial charge is 0.302 e. The summed E-state index contributed by atoms with van der Waals surface area (Å²) in [6.45, 7) is 6.80. The number of benzene rings is 2. The number of para-hydroxylation sites is 1. The van der Waals surface area contributed by atoms with Crippen molar-refractivity contribution in [2.75, 3.05) is 44.2 Å². The summed E-state index contributed by atoms with van der Waals surface area (Å²) in [6, 6.07) is 15.1. The third kappa shape index (κ3) is 6.87. The number of nitrogens with zero attached hydrogens (tertiary/aromatic N) is 6. The van der Waals surface area contributed by atoms with Crippen molar-refractivity contribution in [3.8, 4) is 12.1 Å². The second-order valence-electron chi connectivity index (χ2n) is 8.31. The Morgan fingerprint density at radius 2 is 1.61 bits per heavy atom. The molecule has 0 radical (unpaired) electrons. The number of anilines is 1. The molecule has 12 heteroatoms. The molecule has 2 aromatic carbocycles. The Balaban J connectivity index is 1.92. The molecule has 1 amide bonds. The van der Waals surface area contributed by atoms with Crippen molar-refractivity contribution in [2.24, 2.45) is 0 Å². The van der Waals surface area contributed by atoms with Gasteiger partial charge in [-0.3, -0.25) is 9.69 Å². The fourth-order valence-electron chi connectivity index (χ4n) is 3.86. The van der Waals surface area contributed by atoms with Gasteiger partial charge in [0, 0.05) is 44.6 Å². The second kappa shape index (κ2) is 13.7. The van der Waals surface area contributed by atoms with E-state index in [9.17, 15) is 13.2 Å². The lowest BCUT2D eigenvalue weighted by atomic mass is 10.2. The number of carbonyl (C=O) groups excluding carboxylic acids is 1. The van der Waals surface area contributed by atoms with E-state index in [0.717, 1.165) is 22.1 Å². The zero-order valence-electron chi connectivity index (χ0n) is 21.3. The molecule has 0 atom stereocenters. The Kier molecular flexibility index (Phi) is 10.6. The summed E-state index contributed by atoms with van der Waals surface area (Å²) in [5, 5.41) is 18.8. The second-order valence-corrected chi connectivity index (χ2v) is 11.7. The third-order valence-corrected chi connectivity index (χ3v) is 9.32. The number of amides is 1. The summed E-state index contributed by atoms with van der Waals surface area (Å²) in [7, 11) is -3.94. The van der Waals surface area contributed by atoms with Gasteiger partial charge in [-0.25, -0.2) is 13.4 Å². The third-order valence-electron chi connectivity index (χ3n) is 6.05. The smallest absolute Gasteiger partial charge is 0.260 e. The molecular formula is C26H29ClN6O3S2. The van der Waals surface area contributed by atoms with Crippen LogP contribution in [0.2, 0.25) is 5.02 Å². The average Bonchev–Trinajstić information content (AvgIpc) is 3.36. The van der Waals surface area contributed by atoms with Crippen molar-refractivity contribution in [3.63, 3.8) is 0 Å². The zero-order valence-corrected chi connectivity index (χ0v) is 23.7. The first kappa shape index (κ1) is 29.5. The van der Waals surface area contributed by atoms with Gasteiger partial charge in [-0.1, -0.05) is 42.9 Å². The van der Waals surface area contributed by atoms with Crippen LogP contribution in [0.15, 0.2) is 47.4 Å². The van der Waals surface area contributed by atoms with Crippen LogP contribution in [0.25, 0.3) is 10.2 Å². The number of likely N-dealkylation sites (N-methyl/N-ethyl adjacent to an activating group) is 1. The number of hydrogen-bond donors (Lipinski definition) is 0. The summed E-state index contributed by atoms with van der Waals surface area (Å²) in [6.07, 6.45) is 0.0177. The van der Waals surface area contributed by atoms with Crippen molar-refractivity contribution in [2.45, 2.75) is 31.6 Å². The van der Waals surface area contributed by atoms with Crippen LogP contribution in [0, 0.1) is 22.7 Å². The number of fused-ring (bicyclic) bond motifs is 1. The molecule has 0 bridgehead atoms. The highest BCUT2D eigenvalue weighted by molar-refractivity contribution is 7.89. The summed E-state index contributed by atoms with van der Waals surface area (Å²) >= 11 is 7.70. The standard InChI is InChI=1S/C26H29ClN6O3S2/c1-3-31(4-2)18-19-33(26-30-24-22(27)8-5-9-23(24)37-26)25(34)20-10-12-21(13-11-20)38(35,36)32(16-6-14-28)17-7-15-29/h5,8-13H,3-4,6-7,16-19H2,1-2H3. The topological polar surface area (TPSA) is 121 Å². The number of aromatic nitrogens is 1. The van der Waals surface area contributed by atoms with Gasteiger partial charge in [-0.15, -0.1) is 0 Å². The van der Waals surface area contributed by atoms with Gasteiger partial charge in [0.15, 0.2) is 5.13 Å². The molecule has 9 nitrogen and oxygen atoms in total. The molecule has 0 saturated heterocycles. The van der Waals surface area contributed by atoms with Crippen molar-refractivity contribution in [3.05, 3.63) is 53.1 Å². The summed E-state index contributed by atoms with van der Waals surface area (Å²) in [4.78, 5) is 22.1. The highest BCUT2D eigenvalue weighted by Gasteiger charge is 2.26. The van der Waals surface area contributed by atoms with Crippen LogP contribution in [0.3, 0.4) is 0 Å². The fraction of sp³-hybridized carbons (Fsp3) is 0.385. The summed E-state index contributed by atoms with van der Waals surface area (Å²) < 4.78 is 28.3. The minimum absolute atomic E-state index is 0.00797. The van der Waals surface area contributed by atoms with Gasteiger partial charge in [0.1, 0.15) is 5.52 Å². The molecule has 0 spiro atoms. The van der Waals surface area contributed by atoms with Gasteiger partial charge < -0.3 is 4.90 Å². The van der Waals surface area contributed by atoms with E-state index in [2.05, 4.69) is 23.7 Å². The van der Waals surface area contributed by atoms with E-state index in [4.69, 9.17) is 22.1 Å². The molecular weight excluding hydrogens is 544 g/mol.